The molecule has 0 radical (unpaired) electrons. The Morgan fingerprint density at radius 3 is 2.24 bits per heavy atom. The van der Waals surface area contributed by atoms with Crippen molar-refractivity contribution in [1.29, 1.82) is 0 Å². The smallest absolute Gasteiger partial charge is 0.410 e. The van der Waals surface area contributed by atoms with Gasteiger partial charge in [-0.25, -0.2) is 4.79 Å². The summed E-state index contributed by atoms with van der Waals surface area (Å²) in [7, 11) is 0. The molecule has 1 aliphatic carbocycles. The van der Waals surface area contributed by atoms with E-state index < -0.39 is 5.60 Å². The quantitative estimate of drug-likeness (QED) is 0.751. The van der Waals surface area contributed by atoms with Crippen molar-refractivity contribution in [2.45, 2.75) is 71.9 Å². The Kier molecular flexibility index (Phi) is 4.84. The van der Waals surface area contributed by atoms with Crippen LogP contribution in [0.1, 0.15) is 60.3 Å². The third-order valence-corrected chi connectivity index (χ3v) is 2.96. The first-order valence-corrected chi connectivity index (χ1v) is 6.79. The largest absolute Gasteiger partial charge is 0.444 e. The van der Waals surface area contributed by atoms with Crippen LogP contribution in [0.25, 0.3) is 0 Å². The first-order valence-electron chi connectivity index (χ1n) is 6.79. The number of amides is 1. The van der Waals surface area contributed by atoms with Gasteiger partial charge in [-0.15, -0.1) is 0 Å². The molecule has 0 N–H and O–H groups in total. The fraction of sp³-hybridized carbons (Fsp3) is 0.929. The number of carbonyl (C=O) groups excluding carboxylic acids is 1. The predicted octanol–water partition coefficient (Wildman–Crippen LogP) is 3.82. The number of nitrogens with zero attached hydrogens (tertiary/aromatic N) is 1. The van der Waals surface area contributed by atoms with Gasteiger partial charge in [-0.05, 0) is 39.5 Å². The molecule has 0 heterocycles. The maximum absolute atomic E-state index is 12.2. The zero-order valence-electron chi connectivity index (χ0n) is 12.0. The summed E-state index contributed by atoms with van der Waals surface area (Å²) in [5, 5.41) is 0. The van der Waals surface area contributed by atoms with Crippen LogP contribution in [0.5, 0.6) is 0 Å². The highest BCUT2D eigenvalue weighted by Gasteiger charge is 2.30. The van der Waals surface area contributed by atoms with Crippen molar-refractivity contribution in [1.82, 2.24) is 4.90 Å². The molecule has 0 aliphatic heterocycles. The summed E-state index contributed by atoms with van der Waals surface area (Å²) in [5.74, 6) is 0.489. The standard InChI is InChI=1S/C14H27NO2/c1-11(2)10-15(12-8-6-7-9-12)13(16)17-14(3,4)5/h11-12H,6-10H2,1-5H3. The Morgan fingerprint density at radius 2 is 1.82 bits per heavy atom. The summed E-state index contributed by atoms with van der Waals surface area (Å²) in [4.78, 5) is 14.1. The van der Waals surface area contributed by atoms with Crippen LogP contribution in [0.3, 0.4) is 0 Å². The van der Waals surface area contributed by atoms with E-state index in [0.717, 1.165) is 19.4 Å². The van der Waals surface area contributed by atoms with Gasteiger partial charge in [0.25, 0.3) is 0 Å². The van der Waals surface area contributed by atoms with Gasteiger partial charge < -0.3 is 9.64 Å². The van der Waals surface area contributed by atoms with Gasteiger partial charge in [-0.3, -0.25) is 0 Å². The van der Waals surface area contributed by atoms with E-state index in [-0.39, 0.29) is 6.09 Å². The molecule has 17 heavy (non-hydrogen) atoms. The van der Waals surface area contributed by atoms with E-state index >= 15 is 0 Å². The Hall–Kier alpha value is -0.730. The Labute approximate surface area is 106 Å². The number of rotatable bonds is 3. The molecular formula is C14H27NO2. The lowest BCUT2D eigenvalue weighted by atomic mass is 10.1. The molecular weight excluding hydrogens is 214 g/mol. The highest BCUT2D eigenvalue weighted by molar-refractivity contribution is 5.68. The minimum atomic E-state index is -0.398. The van der Waals surface area contributed by atoms with Gasteiger partial charge in [0.15, 0.2) is 0 Å². The van der Waals surface area contributed by atoms with E-state index in [2.05, 4.69) is 13.8 Å². The lowest BCUT2D eigenvalue weighted by molar-refractivity contribution is 0.0139. The van der Waals surface area contributed by atoms with E-state index in [9.17, 15) is 4.79 Å². The highest BCUT2D eigenvalue weighted by Crippen LogP contribution is 2.25. The molecule has 0 unspecified atom stereocenters. The molecule has 1 fully saturated rings. The van der Waals surface area contributed by atoms with Crippen LogP contribution in [-0.4, -0.2) is 29.2 Å². The molecule has 0 aromatic rings. The van der Waals surface area contributed by atoms with Crippen LogP contribution in [0, 0.1) is 5.92 Å². The van der Waals surface area contributed by atoms with E-state index in [4.69, 9.17) is 4.74 Å². The van der Waals surface area contributed by atoms with E-state index in [1.165, 1.54) is 12.8 Å². The molecule has 3 heteroatoms. The average molecular weight is 241 g/mol. The van der Waals surface area contributed by atoms with E-state index in [0.29, 0.717) is 12.0 Å². The van der Waals surface area contributed by atoms with Gasteiger partial charge in [-0.2, -0.15) is 0 Å². The molecule has 0 aromatic carbocycles. The Balaban J connectivity index is 2.64. The summed E-state index contributed by atoms with van der Waals surface area (Å²) >= 11 is 0. The minimum absolute atomic E-state index is 0.141. The minimum Gasteiger partial charge on any atom is -0.444 e. The highest BCUT2D eigenvalue weighted by atomic mass is 16.6. The second-order valence-corrected chi connectivity index (χ2v) is 6.46. The zero-order valence-corrected chi connectivity index (χ0v) is 12.0. The van der Waals surface area contributed by atoms with Crippen LogP contribution in [0.15, 0.2) is 0 Å². The summed E-state index contributed by atoms with van der Waals surface area (Å²) in [6.07, 6.45) is 4.60. The lowest BCUT2D eigenvalue weighted by Gasteiger charge is -2.32. The average Bonchev–Trinajstić information content (AvgIpc) is 2.63. The van der Waals surface area contributed by atoms with Gasteiger partial charge in [-0.1, -0.05) is 26.7 Å². The van der Waals surface area contributed by atoms with Crippen molar-refractivity contribution in [3.8, 4) is 0 Å². The van der Waals surface area contributed by atoms with Crippen LogP contribution >= 0.6 is 0 Å². The molecule has 100 valence electrons. The lowest BCUT2D eigenvalue weighted by Crippen LogP contribution is -2.44. The first kappa shape index (κ1) is 14.3. The fourth-order valence-electron chi connectivity index (χ4n) is 2.30. The normalized spacial score (nSPS) is 17.5. The third-order valence-electron chi connectivity index (χ3n) is 2.96. The van der Waals surface area contributed by atoms with Crippen molar-refractivity contribution in [2.75, 3.05) is 6.54 Å². The molecule has 1 aliphatic rings. The van der Waals surface area contributed by atoms with Crippen molar-refractivity contribution < 1.29 is 9.53 Å². The van der Waals surface area contributed by atoms with E-state index in [1.54, 1.807) is 0 Å². The third kappa shape index (κ3) is 4.97. The summed E-state index contributed by atoms with van der Waals surface area (Å²) in [6.45, 7) is 10.9. The van der Waals surface area contributed by atoms with Crippen molar-refractivity contribution in [3.63, 3.8) is 0 Å². The van der Waals surface area contributed by atoms with Crippen molar-refractivity contribution in [3.05, 3.63) is 0 Å². The molecule has 0 bridgehead atoms. The SMILES string of the molecule is CC(C)CN(C(=O)OC(C)(C)C)C1CCCC1. The monoisotopic (exact) mass is 241 g/mol. The number of hydrogen-bond acceptors (Lipinski definition) is 2. The summed E-state index contributed by atoms with van der Waals surface area (Å²) in [5.41, 5.74) is -0.398. The molecule has 1 saturated carbocycles. The van der Waals surface area contributed by atoms with Crippen LogP contribution in [0.4, 0.5) is 4.79 Å². The van der Waals surface area contributed by atoms with Gasteiger partial charge >= 0.3 is 6.09 Å². The molecule has 3 nitrogen and oxygen atoms in total. The second kappa shape index (κ2) is 5.74. The van der Waals surface area contributed by atoms with Crippen LogP contribution < -0.4 is 0 Å². The Morgan fingerprint density at radius 1 is 1.29 bits per heavy atom. The topological polar surface area (TPSA) is 29.5 Å². The molecule has 0 spiro atoms. The molecule has 1 amide bonds. The van der Waals surface area contributed by atoms with Gasteiger partial charge in [0.2, 0.25) is 0 Å². The van der Waals surface area contributed by atoms with Crippen molar-refractivity contribution in [2.24, 2.45) is 5.92 Å². The van der Waals surface area contributed by atoms with Crippen LogP contribution in [0.2, 0.25) is 0 Å². The molecule has 1 rings (SSSR count). The predicted molar refractivity (Wildman–Crippen MR) is 70.0 cm³/mol. The number of carbonyl (C=O) groups is 1. The first-order chi connectivity index (χ1) is 7.79. The second-order valence-electron chi connectivity index (χ2n) is 6.46. The van der Waals surface area contributed by atoms with Gasteiger partial charge in [0.1, 0.15) is 5.60 Å². The Bertz CT molecular complexity index is 249. The molecule has 0 saturated heterocycles. The summed E-state index contributed by atoms with van der Waals surface area (Å²) in [6, 6.07) is 0.396. The summed E-state index contributed by atoms with van der Waals surface area (Å²) < 4.78 is 5.50. The molecule has 0 aromatic heterocycles. The molecule has 0 atom stereocenters. The maximum Gasteiger partial charge on any atom is 0.410 e. The van der Waals surface area contributed by atoms with Crippen molar-refractivity contribution >= 4 is 6.09 Å². The zero-order chi connectivity index (χ0) is 13.1. The number of hydrogen-bond donors (Lipinski definition) is 0. The van der Waals surface area contributed by atoms with Gasteiger partial charge in [0.05, 0.1) is 0 Å². The van der Waals surface area contributed by atoms with Gasteiger partial charge in [0, 0.05) is 12.6 Å². The van der Waals surface area contributed by atoms with E-state index in [1.807, 2.05) is 25.7 Å². The maximum atomic E-state index is 12.2. The van der Waals surface area contributed by atoms with Crippen LogP contribution in [-0.2, 0) is 4.74 Å². The fourth-order valence-corrected chi connectivity index (χ4v) is 2.30. The number of ether oxygens (including phenoxy) is 1.